The SMILES string of the molecule is O=C(Nc1cccc(-c2cnco2)c1)N1C[C@H]2CCC[C@@]2(CO)C1. The summed E-state index contributed by atoms with van der Waals surface area (Å²) in [5.41, 5.74) is 1.51. The van der Waals surface area contributed by atoms with E-state index in [1.165, 1.54) is 6.39 Å². The number of carbonyl (C=O) groups is 1. The highest BCUT2D eigenvalue weighted by molar-refractivity contribution is 5.90. The van der Waals surface area contributed by atoms with E-state index in [2.05, 4.69) is 10.3 Å². The van der Waals surface area contributed by atoms with E-state index in [0.717, 1.165) is 37.1 Å². The van der Waals surface area contributed by atoms with Gasteiger partial charge in [0.2, 0.25) is 0 Å². The van der Waals surface area contributed by atoms with Gasteiger partial charge in [0.1, 0.15) is 0 Å². The Morgan fingerprint density at radius 3 is 3.17 bits per heavy atom. The fourth-order valence-electron chi connectivity index (χ4n) is 4.14. The summed E-state index contributed by atoms with van der Waals surface area (Å²) in [5.74, 6) is 1.09. The minimum atomic E-state index is -0.105. The quantitative estimate of drug-likeness (QED) is 0.908. The predicted molar refractivity (Wildman–Crippen MR) is 89.4 cm³/mol. The summed E-state index contributed by atoms with van der Waals surface area (Å²) in [6.45, 7) is 1.54. The van der Waals surface area contributed by atoms with Gasteiger partial charge in [-0.15, -0.1) is 0 Å². The van der Waals surface area contributed by atoms with Crippen LogP contribution < -0.4 is 5.32 Å². The van der Waals surface area contributed by atoms with Crippen LogP contribution in [0, 0.1) is 11.3 Å². The Morgan fingerprint density at radius 2 is 2.42 bits per heavy atom. The number of anilines is 1. The third-order valence-electron chi connectivity index (χ3n) is 5.47. The Morgan fingerprint density at radius 1 is 1.50 bits per heavy atom. The van der Waals surface area contributed by atoms with Crippen LogP contribution in [0.1, 0.15) is 19.3 Å². The fraction of sp³-hybridized carbons (Fsp3) is 0.444. The van der Waals surface area contributed by atoms with Crippen molar-refractivity contribution < 1.29 is 14.3 Å². The van der Waals surface area contributed by atoms with Gasteiger partial charge in [0, 0.05) is 29.8 Å². The smallest absolute Gasteiger partial charge is 0.321 e. The second-order valence-electron chi connectivity index (χ2n) is 6.87. The van der Waals surface area contributed by atoms with Crippen molar-refractivity contribution in [2.24, 2.45) is 11.3 Å². The highest BCUT2D eigenvalue weighted by atomic mass is 16.3. The van der Waals surface area contributed by atoms with Gasteiger partial charge in [0.25, 0.3) is 0 Å². The molecule has 6 nitrogen and oxygen atoms in total. The summed E-state index contributed by atoms with van der Waals surface area (Å²) >= 11 is 0. The first-order valence-corrected chi connectivity index (χ1v) is 8.36. The lowest BCUT2D eigenvalue weighted by Gasteiger charge is -2.25. The molecule has 6 heteroatoms. The molecule has 1 saturated carbocycles. The number of aromatic nitrogens is 1. The number of likely N-dealkylation sites (tertiary alicyclic amines) is 1. The number of aliphatic hydroxyl groups excluding tert-OH is 1. The number of rotatable bonds is 3. The van der Waals surface area contributed by atoms with Gasteiger partial charge in [-0.3, -0.25) is 0 Å². The number of aliphatic hydroxyl groups is 1. The normalized spacial score (nSPS) is 25.7. The first kappa shape index (κ1) is 15.2. The lowest BCUT2D eigenvalue weighted by Crippen LogP contribution is -2.36. The molecule has 2 N–H and O–H groups in total. The van der Waals surface area contributed by atoms with Crippen LogP contribution in [0.5, 0.6) is 0 Å². The first-order chi connectivity index (χ1) is 11.7. The largest absolute Gasteiger partial charge is 0.444 e. The van der Waals surface area contributed by atoms with E-state index in [4.69, 9.17) is 4.42 Å². The molecule has 2 aliphatic rings. The molecule has 0 bridgehead atoms. The van der Waals surface area contributed by atoms with Crippen molar-refractivity contribution >= 4 is 11.7 Å². The molecule has 0 spiro atoms. The molecule has 1 saturated heterocycles. The highest BCUT2D eigenvalue weighted by Gasteiger charge is 2.50. The van der Waals surface area contributed by atoms with Gasteiger partial charge in [0.05, 0.1) is 12.8 Å². The Bertz CT molecular complexity index is 731. The molecule has 2 aromatic rings. The second kappa shape index (κ2) is 5.94. The van der Waals surface area contributed by atoms with Gasteiger partial charge in [-0.2, -0.15) is 0 Å². The maximum absolute atomic E-state index is 12.6. The third kappa shape index (κ3) is 2.57. The van der Waals surface area contributed by atoms with Crippen molar-refractivity contribution in [1.29, 1.82) is 0 Å². The number of amides is 2. The molecule has 2 heterocycles. The fourth-order valence-corrected chi connectivity index (χ4v) is 4.14. The molecule has 1 aliphatic heterocycles. The predicted octanol–water partition coefficient (Wildman–Crippen LogP) is 2.97. The van der Waals surface area contributed by atoms with E-state index < -0.39 is 0 Å². The van der Waals surface area contributed by atoms with E-state index in [0.29, 0.717) is 18.2 Å². The summed E-state index contributed by atoms with van der Waals surface area (Å²) in [4.78, 5) is 18.3. The van der Waals surface area contributed by atoms with Crippen molar-refractivity contribution in [3.8, 4) is 11.3 Å². The topological polar surface area (TPSA) is 78.6 Å². The molecular weight excluding hydrogens is 306 g/mol. The van der Waals surface area contributed by atoms with Gasteiger partial charge >= 0.3 is 6.03 Å². The zero-order valence-electron chi connectivity index (χ0n) is 13.4. The number of oxazole rings is 1. The lowest BCUT2D eigenvalue weighted by atomic mass is 9.82. The average Bonchev–Trinajstić information content (AvgIpc) is 3.30. The molecule has 126 valence electrons. The molecule has 0 unspecified atom stereocenters. The van der Waals surface area contributed by atoms with Crippen molar-refractivity contribution in [1.82, 2.24) is 9.88 Å². The summed E-state index contributed by atoms with van der Waals surface area (Å²) in [6.07, 6.45) is 6.30. The molecule has 0 radical (unpaired) electrons. The number of carbonyl (C=O) groups excluding carboxylic acids is 1. The molecular formula is C18H21N3O3. The summed E-state index contributed by atoms with van der Waals surface area (Å²) < 4.78 is 5.30. The van der Waals surface area contributed by atoms with Crippen LogP contribution in [0.3, 0.4) is 0 Å². The number of urea groups is 1. The summed E-state index contributed by atoms with van der Waals surface area (Å²) in [5, 5.41) is 12.7. The first-order valence-electron chi connectivity index (χ1n) is 8.36. The summed E-state index contributed by atoms with van der Waals surface area (Å²) in [6, 6.07) is 7.42. The molecule has 4 rings (SSSR count). The van der Waals surface area contributed by atoms with Crippen molar-refractivity contribution in [2.75, 3.05) is 25.0 Å². The minimum absolute atomic E-state index is 0.0843. The van der Waals surface area contributed by atoms with Crippen LogP contribution in [0.4, 0.5) is 10.5 Å². The van der Waals surface area contributed by atoms with Crippen molar-refractivity contribution in [2.45, 2.75) is 19.3 Å². The van der Waals surface area contributed by atoms with Crippen molar-refractivity contribution in [3.05, 3.63) is 36.9 Å². The van der Waals surface area contributed by atoms with E-state index in [-0.39, 0.29) is 18.1 Å². The van der Waals surface area contributed by atoms with E-state index in [9.17, 15) is 9.90 Å². The van der Waals surface area contributed by atoms with Crippen LogP contribution in [0.2, 0.25) is 0 Å². The van der Waals surface area contributed by atoms with Crippen LogP contribution >= 0.6 is 0 Å². The third-order valence-corrected chi connectivity index (χ3v) is 5.47. The maximum Gasteiger partial charge on any atom is 0.321 e. The Labute approximate surface area is 140 Å². The number of hydrogen-bond acceptors (Lipinski definition) is 4. The maximum atomic E-state index is 12.6. The Balaban J connectivity index is 1.46. The standard InChI is InChI=1S/C18H21N3O3/c22-11-18-6-2-4-14(18)9-21(10-18)17(23)20-15-5-1-3-13(7-15)16-8-19-12-24-16/h1,3,5,7-8,12,14,22H,2,4,6,9-11H2,(H,20,23)/t14-,18+/m1/s1. The van der Waals surface area contributed by atoms with Gasteiger partial charge < -0.3 is 19.7 Å². The number of benzene rings is 1. The Hall–Kier alpha value is -2.34. The van der Waals surface area contributed by atoms with Crippen molar-refractivity contribution in [3.63, 3.8) is 0 Å². The number of hydrogen-bond donors (Lipinski definition) is 2. The van der Waals surface area contributed by atoms with Crippen LogP contribution in [0.15, 0.2) is 41.3 Å². The van der Waals surface area contributed by atoms with E-state index in [1.54, 1.807) is 6.20 Å². The van der Waals surface area contributed by atoms with Crippen LogP contribution in [-0.4, -0.2) is 40.7 Å². The molecule has 2 fully saturated rings. The molecule has 2 amide bonds. The monoisotopic (exact) mass is 327 g/mol. The molecule has 1 aromatic heterocycles. The van der Waals surface area contributed by atoms with Gasteiger partial charge in [-0.25, -0.2) is 9.78 Å². The molecule has 24 heavy (non-hydrogen) atoms. The number of nitrogens with one attached hydrogen (secondary N) is 1. The zero-order chi connectivity index (χ0) is 16.6. The average molecular weight is 327 g/mol. The van der Waals surface area contributed by atoms with E-state index in [1.807, 2.05) is 29.2 Å². The molecule has 1 aliphatic carbocycles. The number of fused-ring (bicyclic) bond motifs is 1. The molecule has 2 atom stereocenters. The van der Waals surface area contributed by atoms with Gasteiger partial charge in [0.15, 0.2) is 12.2 Å². The number of nitrogens with zero attached hydrogens (tertiary/aromatic N) is 2. The minimum Gasteiger partial charge on any atom is -0.444 e. The highest BCUT2D eigenvalue weighted by Crippen LogP contribution is 2.48. The van der Waals surface area contributed by atoms with Crippen LogP contribution in [-0.2, 0) is 0 Å². The zero-order valence-corrected chi connectivity index (χ0v) is 13.4. The lowest BCUT2D eigenvalue weighted by molar-refractivity contribution is 0.114. The van der Waals surface area contributed by atoms with Crippen LogP contribution in [0.25, 0.3) is 11.3 Å². The van der Waals surface area contributed by atoms with E-state index >= 15 is 0 Å². The van der Waals surface area contributed by atoms with Gasteiger partial charge in [-0.1, -0.05) is 18.6 Å². The Kier molecular flexibility index (Phi) is 3.76. The summed E-state index contributed by atoms with van der Waals surface area (Å²) in [7, 11) is 0. The van der Waals surface area contributed by atoms with Gasteiger partial charge in [-0.05, 0) is 30.9 Å². The molecule has 1 aromatic carbocycles. The second-order valence-corrected chi connectivity index (χ2v) is 6.87.